The number of halogens is 3. The highest BCUT2D eigenvalue weighted by molar-refractivity contribution is 9.12. The van der Waals surface area contributed by atoms with E-state index in [0.717, 1.165) is 22.0 Å². The number of nitrogens with zero attached hydrogens (tertiary/aromatic N) is 2. The molecule has 3 amide bonds. The van der Waals surface area contributed by atoms with Crippen molar-refractivity contribution < 1.29 is 28.7 Å². The van der Waals surface area contributed by atoms with E-state index < -0.39 is 47.9 Å². The third-order valence-electron chi connectivity index (χ3n) is 8.51. The van der Waals surface area contributed by atoms with Crippen molar-refractivity contribution in [2.75, 3.05) is 6.54 Å². The van der Waals surface area contributed by atoms with Gasteiger partial charge in [-0.1, -0.05) is 73.3 Å². The lowest BCUT2D eigenvalue weighted by Gasteiger charge is -2.31. The van der Waals surface area contributed by atoms with Gasteiger partial charge in [0, 0.05) is 15.2 Å². The van der Waals surface area contributed by atoms with Crippen LogP contribution in [0.25, 0.3) is 0 Å². The van der Waals surface area contributed by atoms with E-state index in [1.807, 2.05) is 6.92 Å². The second kappa shape index (κ2) is 11.6. The minimum absolute atomic E-state index is 0.0171. The second-order valence-electron chi connectivity index (χ2n) is 11.0. The average Bonchev–Trinajstić information content (AvgIpc) is 3.61. The van der Waals surface area contributed by atoms with E-state index in [9.17, 15) is 24.0 Å². The summed E-state index contributed by atoms with van der Waals surface area (Å²) in [5.41, 5.74) is 1.66. The van der Waals surface area contributed by atoms with Crippen molar-refractivity contribution in [1.82, 2.24) is 10.0 Å². The van der Waals surface area contributed by atoms with Crippen LogP contribution in [0.2, 0.25) is 5.02 Å². The van der Waals surface area contributed by atoms with Gasteiger partial charge in [-0.2, -0.15) is 5.01 Å². The third-order valence-corrected chi connectivity index (χ3v) is 12.0. The van der Waals surface area contributed by atoms with Gasteiger partial charge < -0.3 is 4.74 Å². The molecule has 0 radical (unpaired) electrons. The number of carbonyl (C=O) groups excluding carboxylic acids is 5. The van der Waals surface area contributed by atoms with E-state index in [-0.39, 0.29) is 43.4 Å². The van der Waals surface area contributed by atoms with E-state index in [1.165, 1.54) is 36.4 Å². The van der Waals surface area contributed by atoms with Gasteiger partial charge in [-0.3, -0.25) is 19.2 Å². The highest BCUT2D eigenvalue weighted by Crippen LogP contribution is 2.60. The summed E-state index contributed by atoms with van der Waals surface area (Å²) in [6, 6.07) is 19.1. The number of aryl methyl sites for hydroxylation is 1. The Morgan fingerprint density at radius 3 is 2.00 bits per heavy atom. The van der Waals surface area contributed by atoms with Crippen molar-refractivity contribution in [3.05, 3.63) is 100 Å². The first-order valence-corrected chi connectivity index (χ1v) is 15.9. The number of amides is 3. The maximum atomic E-state index is 13.8. The Hall–Kier alpha value is -3.34. The zero-order chi connectivity index (χ0) is 30.6. The molecule has 3 aliphatic rings. The molecule has 43 heavy (non-hydrogen) atoms. The molecule has 0 spiro atoms. The molecule has 2 aliphatic carbocycles. The molecular formula is C32H25Br2ClN2O6. The predicted molar refractivity (Wildman–Crippen MR) is 165 cm³/mol. The van der Waals surface area contributed by atoms with Crippen LogP contribution in [0, 0.1) is 30.6 Å². The van der Waals surface area contributed by atoms with Gasteiger partial charge >= 0.3 is 5.97 Å². The van der Waals surface area contributed by atoms with Gasteiger partial charge in [-0.15, -0.1) is 0 Å². The molecule has 0 N–H and O–H groups in total. The first kappa shape index (κ1) is 29.7. The SMILES string of the molecule is Cc1ccc(C(=O)Oc2ccc(C(=O)CN(C(=O)c3ccccc3Cl)N3C(=O)[C@@H]4[C@H]5C[C@@H]([C@H](Br)[C@H]5Br)[C@H]4C3=O)cc2)cc1. The van der Waals surface area contributed by atoms with Crippen LogP contribution < -0.4 is 4.74 Å². The molecule has 3 aromatic rings. The van der Waals surface area contributed by atoms with Gasteiger partial charge in [0.1, 0.15) is 12.3 Å². The minimum atomic E-state index is -0.734. The number of benzene rings is 3. The Morgan fingerprint density at radius 1 is 0.860 bits per heavy atom. The Balaban J connectivity index is 1.25. The number of esters is 1. The summed E-state index contributed by atoms with van der Waals surface area (Å²) in [7, 11) is 0. The number of hydrogen-bond acceptors (Lipinski definition) is 6. The van der Waals surface area contributed by atoms with Crippen LogP contribution in [0.3, 0.4) is 0 Å². The zero-order valence-corrected chi connectivity index (χ0v) is 26.7. The largest absolute Gasteiger partial charge is 0.423 e. The molecular weight excluding hydrogens is 704 g/mol. The maximum absolute atomic E-state index is 13.8. The van der Waals surface area contributed by atoms with Crippen LogP contribution in [0.4, 0.5) is 0 Å². The molecule has 1 saturated heterocycles. The number of hydrazine groups is 1. The molecule has 6 rings (SSSR count). The predicted octanol–water partition coefficient (Wildman–Crippen LogP) is 5.89. The maximum Gasteiger partial charge on any atom is 0.343 e. The Bertz CT molecular complexity index is 1610. The number of imide groups is 1. The number of rotatable bonds is 7. The lowest BCUT2D eigenvalue weighted by molar-refractivity contribution is -0.154. The molecule has 1 aliphatic heterocycles. The molecule has 8 nitrogen and oxygen atoms in total. The van der Waals surface area contributed by atoms with Crippen LogP contribution in [-0.2, 0) is 9.59 Å². The van der Waals surface area contributed by atoms with Crippen LogP contribution in [0.1, 0.15) is 43.1 Å². The first-order valence-electron chi connectivity index (χ1n) is 13.7. The molecule has 0 aromatic heterocycles. The molecule has 0 unspecified atom stereocenters. The fourth-order valence-electron chi connectivity index (χ4n) is 6.37. The van der Waals surface area contributed by atoms with Crippen molar-refractivity contribution in [3.63, 3.8) is 0 Å². The molecule has 2 saturated carbocycles. The lowest BCUT2D eigenvalue weighted by Crippen LogP contribution is -2.52. The van der Waals surface area contributed by atoms with Gasteiger partial charge in [-0.25, -0.2) is 9.80 Å². The zero-order valence-electron chi connectivity index (χ0n) is 22.8. The molecule has 2 bridgehead atoms. The second-order valence-corrected chi connectivity index (χ2v) is 13.6. The standard InChI is InChI=1S/C32H25Br2ClN2O6/c1-16-6-8-18(9-7-16)32(42)43-19-12-10-17(11-13-19)24(38)15-36(29(39)20-4-2-3-5-23(20)35)37-30(40)25-21-14-22(26(25)31(37)41)28(34)27(21)33/h2-13,21-22,25-28H,14-15H2,1H3/t21-,22-,25-,26-,27+,28+/m1/s1. The van der Waals surface area contributed by atoms with Crippen LogP contribution in [0.15, 0.2) is 72.8 Å². The fraction of sp³-hybridized carbons (Fsp3) is 0.281. The summed E-state index contributed by atoms with van der Waals surface area (Å²) in [6.07, 6.45) is 0.727. The third kappa shape index (κ3) is 5.23. The van der Waals surface area contributed by atoms with Crippen molar-refractivity contribution in [1.29, 1.82) is 0 Å². The summed E-state index contributed by atoms with van der Waals surface area (Å²) in [6.45, 7) is 1.34. The van der Waals surface area contributed by atoms with Gasteiger partial charge in [0.2, 0.25) is 0 Å². The highest BCUT2D eigenvalue weighted by Gasteiger charge is 2.67. The van der Waals surface area contributed by atoms with E-state index in [0.29, 0.717) is 5.56 Å². The topological polar surface area (TPSA) is 101 Å². The Morgan fingerprint density at radius 2 is 1.42 bits per heavy atom. The van der Waals surface area contributed by atoms with Crippen molar-refractivity contribution >= 4 is 72.9 Å². The summed E-state index contributed by atoms with van der Waals surface area (Å²) < 4.78 is 5.43. The van der Waals surface area contributed by atoms with Gasteiger partial charge in [-0.05, 0) is 73.7 Å². The smallest absolute Gasteiger partial charge is 0.343 e. The summed E-state index contributed by atoms with van der Waals surface area (Å²) in [4.78, 5) is 67.5. The summed E-state index contributed by atoms with van der Waals surface area (Å²) >= 11 is 13.7. The van der Waals surface area contributed by atoms with Crippen LogP contribution in [-0.4, -0.2) is 55.7 Å². The van der Waals surface area contributed by atoms with E-state index in [2.05, 4.69) is 31.9 Å². The monoisotopic (exact) mass is 726 g/mol. The van der Waals surface area contributed by atoms with Crippen molar-refractivity contribution in [3.8, 4) is 5.75 Å². The summed E-state index contributed by atoms with van der Waals surface area (Å²) in [5.74, 6) is -3.82. The van der Waals surface area contributed by atoms with Crippen LogP contribution >= 0.6 is 43.5 Å². The molecule has 220 valence electrons. The van der Waals surface area contributed by atoms with Crippen molar-refractivity contribution in [2.45, 2.75) is 23.0 Å². The quantitative estimate of drug-likeness (QED) is 0.0991. The molecule has 3 aromatic carbocycles. The van der Waals surface area contributed by atoms with Gasteiger partial charge in [0.15, 0.2) is 5.78 Å². The minimum Gasteiger partial charge on any atom is -0.423 e. The van der Waals surface area contributed by atoms with E-state index in [4.69, 9.17) is 16.3 Å². The Kier molecular flexibility index (Phi) is 8.04. The van der Waals surface area contributed by atoms with Gasteiger partial charge in [0.05, 0.1) is 28.0 Å². The van der Waals surface area contributed by atoms with Crippen LogP contribution in [0.5, 0.6) is 5.75 Å². The number of carbonyl (C=O) groups is 5. The molecule has 3 fully saturated rings. The first-order chi connectivity index (χ1) is 20.6. The normalized spacial score (nSPS) is 25.5. The number of fused-ring (bicyclic) bond motifs is 5. The number of ether oxygens (including phenoxy) is 1. The van der Waals surface area contributed by atoms with Gasteiger partial charge in [0.25, 0.3) is 17.7 Å². The number of Topliss-reactive ketones (excluding diaryl/α,β-unsaturated/α-hetero) is 1. The van der Waals surface area contributed by atoms with Crippen molar-refractivity contribution in [2.24, 2.45) is 23.7 Å². The summed E-state index contributed by atoms with van der Waals surface area (Å²) in [5, 5.41) is 1.91. The number of hydrogen-bond donors (Lipinski definition) is 0. The highest BCUT2D eigenvalue weighted by atomic mass is 79.9. The number of ketones is 1. The Labute approximate surface area is 269 Å². The number of alkyl halides is 2. The molecule has 6 atom stereocenters. The molecule has 11 heteroatoms. The molecule has 1 heterocycles. The lowest BCUT2D eigenvalue weighted by atomic mass is 9.81. The fourth-order valence-corrected chi connectivity index (χ4v) is 8.46. The van der Waals surface area contributed by atoms with E-state index in [1.54, 1.807) is 36.4 Å². The van der Waals surface area contributed by atoms with E-state index >= 15 is 0 Å². The average molecular weight is 729 g/mol.